The fourth-order valence-electron chi connectivity index (χ4n) is 2.52. The second-order valence-electron chi connectivity index (χ2n) is 5.22. The summed E-state index contributed by atoms with van der Waals surface area (Å²) in [6.45, 7) is 4.46. The lowest BCUT2D eigenvalue weighted by molar-refractivity contribution is -0.146. The van der Waals surface area contributed by atoms with Crippen LogP contribution in [-0.4, -0.2) is 34.5 Å². The summed E-state index contributed by atoms with van der Waals surface area (Å²) in [5.41, 5.74) is 0. The molecule has 0 saturated carbocycles. The summed E-state index contributed by atoms with van der Waals surface area (Å²) in [5.74, 6) is -1.11. The van der Waals surface area contributed by atoms with Gasteiger partial charge in [-0.15, -0.1) is 11.3 Å². The van der Waals surface area contributed by atoms with E-state index in [0.717, 1.165) is 4.88 Å². The molecule has 1 aliphatic rings. The minimum Gasteiger partial charge on any atom is -0.481 e. The van der Waals surface area contributed by atoms with Gasteiger partial charge >= 0.3 is 5.97 Å². The van der Waals surface area contributed by atoms with E-state index in [1.165, 1.54) is 4.88 Å². The van der Waals surface area contributed by atoms with E-state index in [-0.39, 0.29) is 17.9 Å². The number of nitrogens with zero attached hydrogens (tertiary/aromatic N) is 1. The fourth-order valence-corrected chi connectivity index (χ4v) is 3.30. The number of carboxylic acids is 1. The van der Waals surface area contributed by atoms with Crippen molar-refractivity contribution in [1.82, 2.24) is 4.90 Å². The van der Waals surface area contributed by atoms with E-state index in [9.17, 15) is 9.59 Å². The first-order chi connectivity index (χ1) is 9.47. The van der Waals surface area contributed by atoms with Crippen LogP contribution in [0.4, 0.5) is 0 Å². The number of thiophene rings is 1. The van der Waals surface area contributed by atoms with Crippen molar-refractivity contribution in [2.75, 3.05) is 6.54 Å². The third-order valence-corrected chi connectivity index (χ3v) is 4.63. The SMILES string of the molecule is Cc1ccc(/C=C/C(=O)N2CCC(C(=O)O)CC2C)s1. The molecule has 1 fully saturated rings. The molecule has 1 N–H and O–H groups in total. The molecule has 1 aromatic heterocycles. The van der Waals surface area contributed by atoms with E-state index in [1.807, 2.05) is 32.1 Å². The second-order valence-corrected chi connectivity index (χ2v) is 6.54. The van der Waals surface area contributed by atoms with Gasteiger partial charge in [0.1, 0.15) is 0 Å². The molecular weight excluding hydrogens is 274 g/mol. The highest BCUT2D eigenvalue weighted by Crippen LogP contribution is 2.23. The monoisotopic (exact) mass is 293 g/mol. The van der Waals surface area contributed by atoms with E-state index < -0.39 is 5.97 Å². The van der Waals surface area contributed by atoms with Crippen LogP contribution in [-0.2, 0) is 9.59 Å². The largest absolute Gasteiger partial charge is 0.481 e. The molecule has 1 amide bonds. The van der Waals surface area contributed by atoms with Gasteiger partial charge in [-0.05, 0) is 44.9 Å². The molecule has 1 saturated heterocycles. The molecule has 1 aliphatic heterocycles. The standard InChI is InChI=1S/C15H19NO3S/c1-10-9-12(15(18)19)7-8-16(10)14(17)6-5-13-4-3-11(2)20-13/h3-6,10,12H,7-9H2,1-2H3,(H,18,19)/b6-5+. The van der Waals surface area contributed by atoms with Gasteiger partial charge in [-0.2, -0.15) is 0 Å². The molecule has 2 heterocycles. The number of piperidine rings is 1. The predicted octanol–water partition coefficient (Wildman–Crippen LogP) is 2.78. The Morgan fingerprint density at radius 2 is 2.20 bits per heavy atom. The summed E-state index contributed by atoms with van der Waals surface area (Å²) >= 11 is 1.65. The van der Waals surface area contributed by atoms with Gasteiger partial charge in [-0.3, -0.25) is 9.59 Å². The van der Waals surface area contributed by atoms with Gasteiger partial charge in [-0.1, -0.05) is 0 Å². The second kappa shape index (κ2) is 6.22. The molecular formula is C15H19NO3S. The van der Waals surface area contributed by atoms with Gasteiger partial charge < -0.3 is 10.0 Å². The van der Waals surface area contributed by atoms with E-state index in [2.05, 4.69) is 0 Å². The van der Waals surface area contributed by atoms with E-state index >= 15 is 0 Å². The molecule has 4 nitrogen and oxygen atoms in total. The van der Waals surface area contributed by atoms with Crippen LogP contribution in [0.3, 0.4) is 0 Å². The number of carbonyl (C=O) groups excluding carboxylic acids is 1. The highest BCUT2D eigenvalue weighted by molar-refractivity contribution is 7.12. The van der Waals surface area contributed by atoms with Gasteiger partial charge in [-0.25, -0.2) is 0 Å². The highest BCUT2D eigenvalue weighted by atomic mass is 32.1. The van der Waals surface area contributed by atoms with E-state index in [1.54, 1.807) is 22.3 Å². The number of hydrogen-bond donors (Lipinski definition) is 1. The molecule has 20 heavy (non-hydrogen) atoms. The molecule has 108 valence electrons. The Morgan fingerprint density at radius 3 is 2.75 bits per heavy atom. The van der Waals surface area contributed by atoms with Crippen LogP contribution in [0.5, 0.6) is 0 Å². The molecule has 2 atom stereocenters. The lowest BCUT2D eigenvalue weighted by atomic mass is 9.91. The Bertz CT molecular complexity index is 535. The molecule has 0 aromatic carbocycles. The first-order valence-corrected chi connectivity index (χ1v) is 7.57. The van der Waals surface area contributed by atoms with Crippen molar-refractivity contribution in [3.63, 3.8) is 0 Å². The molecule has 0 aliphatic carbocycles. The number of carboxylic acid groups (broad SMARTS) is 1. The first kappa shape index (κ1) is 14.8. The van der Waals surface area contributed by atoms with Crippen molar-refractivity contribution < 1.29 is 14.7 Å². The van der Waals surface area contributed by atoms with Gasteiger partial charge in [0.15, 0.2) is 0 Å². The number of aryl methyl sites for hydroxylation is 1. The summed E-state index contributed by atoms with van der Waals surface area (Å²) in [7, 11) is 0. The van der Waals surface area contributed by atoms with Crippen molar-refractivity contribution in [3.8, 4) is 0 Å². The Labute approximate surface area is 122 Å². The Morgan fingerprint density at radius 1 is 1.45 bits per heavy atom. The summed E-state index contributed by atoms with van der Waals surface area (Å²) in [6, 6.07) is 3.99. The van der Waals surface area contributed by atoms with Gasteiger partial charge in [0.25, 0.3) is 0 Å². The summed E-state index contributed by atoms with van der Waals surface area (Å²) in [5, 5.41) is 9.02. The van der Waals surface area contributed by atoms with Crippen LogP contribution in [0.25, 0.3) is 6.08 Å². The van der Waals surface area contributed by atoms with Gasteiger partial charge in [0, 0.05) is 28.4 Å². The Balaban J connectivity index is 1.96. The molecule has 0 radical (unpaired) electrons. The van der Waals surface area contributed by atoms with Crippen LogP contribution in [0.15, 0.2) is 18.2 Å². The summed E-state index contributed by atoms with van der Waals surface area (Å²) in [6.07, 6.45) is 4.49. The zero-order chi connectivity index (χ0) is 14.7. The zero-order valence-electron chi connectivity index (χ0n) is 11.7. The quantitative estimate of drug-likeness (QED) is 0.872. The first-order valence-electron chi connectivity index (χ1n) is 6.75. The number of rotatable bonds is 3. The van der Waals surface area contributed by atoms with Crippen molar-refractivity contribution in [3.05, 3.63) is 28.0 Å². The number of amides is 1. The predicted molar refractivity (Wildman–Crippen MR) is 79.6 cm³/mol. The Hall–Kier alpha value is -1.62. The van der Waals surface area contributed by atoms with Crippen LogP contribution < -0.4 is 0 Å². The molecule has 5 heteroatoms. The average Bonchev–Trinajstić information content (AvgIpc) is 2.81. The van der Waals surface area contributed by atoms with Gasteiger partial charge in [0.05, 0.1) is 5.92 Å². The number of likely N-dealkylation sites (tertiary alicyclic amines) is 1. The minimum absolute atomic E-state index is 0.0212. The number of carbonyl (C=O) groups is 2. The maximum atomic E-state index is 12.2. The van der Waals surface area contributed by atoms with Crippen molar-refractivity contribution >= 4 is 29.3 Å². The van der Waals surface area contributed by atoms with E-state index in [4.69, 9.17) is 5.11 Å². The molecule has 0 spiro atoms. The molecule has 0 bridgehead atoms. The van der Waals surface area contributed by atoms with Crippen molar-refractivity contribution in [2.45, 2.75) is 32.7 Å². The molecule has 2 rings (SSSR count). The lowest BCUT2D eigenvalue weighted by Crippen LogP contribution is -2.45. The molecule has 2 unspecified atom stereocenters. The van der Waals surface area contributed by atoms with Crippen LogP contribution in [0.2, 0.25) is 0 Å². The lowest BCUT2D eigenvalue weighted by Gasteiger charge is -2.35. The third kappa shape index (κ3) is 3.48. The van der Waals surface area contributed by atoms with Crippen molar-refractivity contribution in [1.29, 1.82) is 0 Å². The smallest absolute Gasteiger partial charge is 0.306 e. The highest BCUT2D eigenvalue weighted by Gasteiger charge is 2.31. The topological polar surface area (TPSA) is 57.6 Å². The summed E-state index contributed by atoms with van der Waals surface area (Å²) in [4.78, 5) is 27.2. The van der Waals surface area contributed by atoms with Crippen LogP contribution in [0, 0.1) is 12.8 Å². The van der Waals surface area contributed by atoms with Gasteiger partial charge in [0.2, 0.25) is 5.91 Å². The van der Waals surface area contributed by atoms with Crippen LogP contribution >= 0.6 is 11.3 Å². The number of hydrogen-bond acceptors (Lipinski definition) is 3. The van der Waals surface area contributed by atoms with E-state index in [0.29, 0.717) is 19.4 Å². The van der Waals surface area contributed by atoms with Crippen molar-refractivity contribution in [2.24, 2.45) is 5.92 Å². The maximum Gasteiger partial charge on any atom is 0.306 e. The van der Waals surface area contributed by atoms with Crippen LogP contribution in [0.1, 0.15) is 29.5 Å². The molecule has 1 aromatic rings. The third-order valence-electron chi connectivity index (χ3n) is 3.66. The summed E-state index contributed by atoms with van der Waals surface area (Å²) < 4.78 is 0. The fraction of sp³-hybridized carbons (Fsp3) is 0.467. The average molecular weight is 293 g/mol. The number of aliphatic carboxylic acids is 1. The maximum absolute atomic E-state index is 12.2. The Kier molecular flexibility index (Phi) is 4.60. The normalized spacial score (nSPS) is 23.2. The zero-order valence-corrected chi connectivity index (χ0v) is 12.5. The minimum atomic E-state index is -0.756.